The second-order valence-corrected chi connectivity index (χ2v) is 7.30. The summed E-state index contributed by atoms with van der Waals surface area (Å²) in [5.74, 6) is -0.823. The van der Waals surface area contributed by atoms with E-state index in [0.717, 1.165) is 4.47 Å². The number of nitrogens with zero attached hydrogens (tertiary/aromatic N) is 2. The van der Waals surface area contributed by atoms with Crippen LogP contribution in [0.1, 0.15) is 23.2 Å². The molecule has 7 heteroatoms. The van der Waals surface area contributed by atoms with E-state index in [9.17, 15) is 14.4 Å². The highest BCUT2D eigenvalue weighted by Crippen LogP contribution is 2.44. The molecular formula is C19H16BrN3O3. The van der Waals surface area contributed by atoms with Crippen LogP contribution in [0.3, 0.4) is 0 Å². The molecule has 2 aliphatic rings. The molecule has 1 N–H and O–H groups in total. The zero-order valence-electron chi connectivity index (χ0n) is 14.0. The standard InChI is InChI=1S/C19H16BrN3O3/c1-22-17(25)14-4-2-3-5-15(14)23-16(24)10-11-19(22,23)18(26)21-13-8-6-12(20)7-9-13/h2-9H,10-11H2,1H3,(H,21,26)/t19-/m0/s1. The lowest BCUT2D eigenvalue weighted by Gasteiger charge is -2.47. The summed E-state index contributed by atoms with van der Waals surface area (Å²) in [6.45, 7) is 0. The highest BCUT2D eigenvalue weighted by Gasteiger charge is 2.59. The van der Waals surface area contributed by atoms with Gasteiger partial charge >= 0.3 is 0 Å². The van der Waals surface area contributed by atoms with Gasteiger partial charge in [0.1, 0.15) is 0 Å². The van der Waals surface area contributed by atoms with E-state index < -0.39 is 11.6 Å². The molecule has 0 saturated carbocycles. The van der Waals surface area contributed by atoms with E-state index >= 15 is 0 Å². The minimum Gasteiger partial charge on any atom is -0.322 e. The fraction of sp³-hybridized carbons (Fsp3) is 0.211. The Bertz CT molecular complexity index is 928. The summed E-state index contributed by atoms with van der Waals surface area (Å²) in [5, 5.41) is 2.86. The largest absolute Gasteiger partial charge is 0.322 e. The average Bonchev–Trinajstić information content (AvgIpc) is 3.00. The van der Waals surface area contributed by atoms with Crippen LogP contribution < -0.4 is 10.2 Å². The number of para-hydroxylation sites is 1. The molecule has 1 atom stereocenters. The molecule has 0 bridgehead atoms. The molecule has 2 aromatic carbocycles. The summed E-state index contributed by atoms with van der Waals surface area (Å²) in [4.78, 5) is 41.6. The number of amides is 3. The second-order valence-electron chi connectivity index (χ2n) is 6.39. The van der Waals surface area contributed by atoms with Gasteiger partial charge in [-0.3, -0.25) is 19.3 Å². The van der Waals surface area contributed by atoms with Crippen molar-refractivity contribution in [1.29, 1.82) is 0 Å². The maximum Gasteiger partial charge on any atom is 0.271 e. The Morgan fingerprint density at radius 2 is 1.81 bits per heavy atom. The van der Waals surface area contributed by atoms with Gasteiger partial charge in [-0.15, -0.1) is 0 Å². The maximum atomic E-state index is 13.3. The van der Waals surface area contributed by atoms with Crippen molar-refractivity contribution in [2.45, 2.75) is 18.5 Å². The number of likely N-dealkylation sites (N-methyl/N-ethyl adjacent to an activating group) is 1. The first-order valence-corrected chi connectivity index (χ1v) is 9.02. The summed E-state index contributed by atoms with van der Waals surface area (Å²) in [5.41, 5.74) is 0.170. The van der Waals surface area contributed by atoms with Gasteiger partial charge in [0, 0.05) is 30.0 Å². The number of nitrogens with one attached hydrogen (secondary N) is 1. The number of benzene rings is 2. The van der Waals surface area contributed by atoms with Gasteiger partial charge in [-0.1, -0.05) is 28.1 Å². The van der Waals surface area contributed by atoms with Crippen LogP contribution in [0.25, 0.3) is 0 Å². The Morgan fingerprint density at radius 3 is 2.54 bits per heavy atom. The van der Waals surface area contributed by atoms with E-state index in [1.165, 1.54) is 9.80 Å². The van der Waals surface area contributed by atoms with Gasteiger partial charge in [0.2, 0.25) is 11.6 Å². The van der Waals surface area contributed by atoms with Gasteiger partial charge in [0.25, 0.3) is 11.8 Å². The number of halogens is 1. The van der Waals surface area contributed by atoms with Crippen molar-refractivity contribution in [2.24, 2.45) is 0 Å². The van der Waals surface area contributed by atoms with Crippen LogP contribution in [-0.4, -0.2) is 35.3 Å². The zero-order chi connectivity index (χ0) is 18.5. The first kappa shape index (κ1) is 16.8. The molecule has 6 nitrogen and oxygen atoms in total. The van der Waals surface area contributed by atoms with Crippen molar-refractivity contribution in [2.75, 3.05) is 17.3 Å². The molecule has 0 radical (unpaired) electrons. The van der Waals surface area contributed by atoms with E-state index in [0.29, 0.717) is 16.9 Å². The zero-order valence-corrected chi connectivity index (χ0v) is 15.6. The van der Waals surface area contributed by atoms with E-state index in [1.54, 1.807) is 43.4 Å². The molecule has 0 aromatic heterocycles. The van der Waals surface area contributed by atoms with Crippen molar-refractivity contribution in [3.63, 3.8) is 0 Å². The molecule has 4 rings (SSSR count). The third-order valence-electron chi connectivity index (χ3n) is 5.01. The highest BCUT2D eigenvalue weighted by atomic mass is 79.9. The van der Waals surface area contributed by atoms with Gasteiger partial charge in [-0.05, 0) is 36.4 Å². The summed E-state index contributed by atoms with van der Waals surface area (Å²) in [6, 6.07) is 14.1. The van der Waals surface area contributed by atoms with Crippen LogP contribution in [0.5, 0.6) is 0 Å². The average molecular weight is 414 g/mol. The lowest BCUT2D eigenvalue weighted by molar-refractivity contribution is -0.128. The maximum absolute atomic E-state index is 13.3. The SMILES string of the molecule is CN1C(=O)c2ccccc2N2C(=O)CC[C@]12C(=O)Nc1ccc(Br)cc1. The number of fused-ring (bicyclic) bond motifs is 3. The molecule has 2 aromatic rings. The quantitative estimate of drug-likeness (QED) is 0.822. The first-order chi connectivity index (χ1) is 12.4. The van der Waals surface area contributed by atoms with Gasteiger partial charge in [0.05, 0.1) is 11.3 Å². The number of anilines is 2. The highest BCUT2D eigenvalue weighted by molar-refractivity contribution is 9.10. The van der Waals surface area contributed by atoms with Crippen molar-refractivity contribution in [1.82, 2.24) is 4.90 Å². The topological polar surface area (TPSA) is 69.7 Å². The van der Waals surface area contributed by atoms with E-state index in [-0.39, 0.29) is 24.7 Å². The molecule has 2 aliphatic heterocycles. The Morgan fingerprint density at radius 1 is 1.12 bits per heavy atom. The molecular weight excluding hydrogens is 398 g/mol. The lowest BCUT2D eigenvalue weighted by Crippen LogP contribution is -2.68. The third-order valence-corrected chi connectivity index (χ3v) is 5.54. The summed E-state index contributed by atoms with van der Waals surface area (Å²) in [7, 11) is 1.57. The van der Waals surface area contributed by atoms with Gasteiger partial charge in [-0.2, -0.15) is 0 Å². The fourth-order valence-corrected chi connectivity index (χ4v) is 3.96. The molecule has 132 valence electrons. The predicted octanol–water partition coefficient (Wildman–Crippen LogP) is 3.00. The summed E-state index contributed by atoms with van der Waals surface area (Å²) in [6.07, 6.45) is 0.463. The van der Waals surface area contributed by atoms with E-state index in [4.69, 9.17) is 0 Å². The summed E-state index contributed by atoms with van der Waals surface area (Å²) >= 11 is 3.36. The van der Waals surface area contributed by atoms with Crippen LogP contribution in [0.2, 0.25) is 0 Å². The number of rotatable bonds is 2. The van der Waals surface area contributed by atoms with Crippen LogP contribution in [0, 0.1) is 0 Å². The van der Waals surface area contributed by atoms with E-state index in [2.05, 4.69) is 21.2 Å². The summed E-state index contributed by atoms with van der Waals surface area (Å²) < 4.78 is 0.894. The Balaban J connectivity index is 1.80. The van der Waals surface area contributed by atoms with Crippen LogP contribution in [0.4, 0.5) is 11.4 Å². The van der Waals surface area contributed by atoms with Crippen molar-refractivity contribution in [3.8, 4) is 0 Å². The van der Waals surface area contributed by atoms with Crippen molar-refractivity contribution >= 4 is 45.0 Å². The molecule has 0 spiro atoms. The molecule has 0 aliphatic carbocycles. The number of hydrogen-bond acceptors (Lipinski definition) is 3. The number of carbonyl (C=O) groups is 3. The van der Waals surface area contributed by atoms with Gasteiger partial charge < -0.3 is 10.2 Å². The fourth-order valence-electron chi connectivity index (χ4n) is 3.69. The predicted molar refractivity (Wildman–Crippen MR) is 101 cm³/mol. The minimum atomic E-state index is -1.35. The first-order valence-electron chi connectivity index (χ1n) is 8.22. The Kier molecular flexibility index (Phi) is 3.84. The number of carbonyl (C=O) groups excluding carboxylic acids is 3. The Hall–Kier alpha value is -2.67. The van der Waals surface area contributed by atoms with Crippen molar-refractivity contribution in [3.05, 3.63) is 58.6 Å². The molecule has 3 amide bonds. The van der Waals surface area contributed by atoms with Crippen LogP contribution >= 0.6 is 15.9 Å². The third kappa shape index (κ3) is 2.27. The number of hydrogen-bond donors (Lipinski definition) is 1. The van der Waals surface area contributed by atoms with Crippen LogP contribution in [-0.2, 0) is 9.59 Å². The van der Waals surface area contributed by atoms with Gasteiger partial charge in [-0.25, -0.2) is 0 Å². The van der Waals surface area contributed by atoms with E-state index in [1.807, 2.05) is 12.1 Å². The molecule has 2 heterocycles. The minimum absolute atomic E-state index is 0.164. The monoisotopic (exact) mass is 413 g/mol. The molecule has 1 fully saturated rings. The molecule has 1 saturated heterocycles. The Labute approximate surface area is 158 Å². The molecule has 0 unspecified atom stereocenters. The van der Waals surface area contributed by atoms with Crippen molar-refractivity contribution < 1.29 is 14.4 Å². The second kappa shape index (κ2) is 5.95. The van der Waals surface area contributed by atoms with Crippen LogP contribution in [0.15, 0.2) is 53.0 Å². The molecule has 26 heavy (non-hydrogen) atoms. The normalized spacial score (nSPS) is 21.5. The van der Waals surface area contributed by atoms with Gasteiger partial charge in [0.15, 0.2) is 0 Å². The lowest BCUT2D eigenvalue weighted by atomic mass is 9.96. The smallest absolute Gasteiger partial charge is 0.271 e.